The van der Waals surface area contributed by atoms with E-state index in [9.17, 15) is 50.1 Å². The summed E-state index contributed by atoms with van der Waals surface area (Å²) in [7, 11) is 0. The predicted molar refractivity (Wildman–Crippen MR) is 179 cm³/mol. The quantitative estimate of drug-likeness (QED) is 0.0661. The Morgan fingerprint density at radius 1 is 0.700 bits per heavy atom. The van der Waals surface area contributed by atoms with Gasteiger partial charge in [-0.05, 0) is 46.5 Å². The van der Waals surface area contributed by atoms with E-state index >= 15 is 0 Å². The standard InChI is InChI=1S/C34H62N2O14/c1-5-6-7-8-9-10-11-12-13-16-19-47-32-25(41)23(39)26(28(50-32)31(45)46)48-33-24(40)21(37)22(38)27(49-33)29(42)35-18-15-14-17-20(30(43)44)36-34(2,3)4/h20-28,32-33,36-41H,5-19H2,1-4H3,(H,35,42)(H,43,44)(H,45,46)/t20-,21-,22-,23+,24+,25+,26-,27-,28-,32+,33+/m0/s1. The number of unbranched alkanes of at least 4 members (excludes halogenated alkanes) is 10. The fourth-order valence-electron chi connectivity index (χ4n) is 6.01. The molecule has 0 radical (unpaired) electrons. The van der Waals surface area contributed by atoms with E-state index in [0.717, 1.165) is 25.7 Å². The van der Waals surface area contributed by atoms with Crippen molar-refractivity contribution in [1.29, 1.82) is 0 Å². The van der Waals surface area contributed by atoms with Gasteiger partial charge in [0, 0.05) is 18.7 Å². The number of hydrogen-bond donors (Lipinski definition) is 9. The molecule has 0 aromatic carbocycles. The second kappa shape index (κ2) is 22.2. The molecule has 16 heteroatoms. The van der Waals surface area contributed by atoms with Gasteiger partial charge in [-0.3, -0.25) is 14.9 Å². The van der Waals surface area contributed by atoms with E-state index in [1.54, 1.807) is 0 Å². The molecule has 9 N–H and O–H groups in total. The second-order valence-corrected chi connectivity index (χ2v) is 14.4. The lowest BCUT2D eigenvalue weighted by Gasteiger charge is -2.45. The van der Waals surface area contributed by atoms with Crippen molar-refractivity contribution in [1.82, 2.24) is 10.6 Å². The third kappa shape index (κ3) is 14.6. The number of nitrogens with one attached hydrogen (secondary N) is 2. The summed E-state index contributed by atoms with van der Waals surface area (Å²) in [6.45, 7) is 7.95. The summed E-state index contributed by atoms with van der Waals surface area (Å²) in [5, 5.41) is 77.9. The zero-order chi connectivity index (χ0) is 37.4. The monoisotopic (exact) mass is 722 g/mol. The summed E-state index contributed by atoms with van der Waals surface area (Å²) >= 11 is 0. The molecular formula is C34H62N2O14. The molecule has 292 valence electrons. The Morgan fingerprint density at radius 2 is 1.26 bits per heavy atom. The van der Waals surface area contributed by atoms with E-state index in [1.165, 1.54) is 32.1 Å². The largest absolute Gasteiger partial charge is 0.480 e. The van der Waals surface area contributed by atoms with E-state index < -0.39 is 90.8 Å². The summed E-state index contributed by atoms with van der Waals surface area (Å²) in [6, 6.07) is -0.789. The van der Waals surface area contributed by atoms with Gasteiger partial charge >= 0.3 is 11.9 Å². The molecular weight excluding hydrogens is 660 g/mol. The number of aliphatic hydroxyl groups excluding tert-OH is 5. The van der Waals surface area contributed by atoms with Crippen molar-refractivity contribution >= 4 is 17.8 Å². The average molecular weight is 723 g/mol. The lowest BCUT2D eigenvalue weighted by atomic mass is 9.96. The zero-order valence-corrected chi connectivity index (χ0v) is 29.9. The van der Waals surface area contributed by atoms with Gasteiger partial charge in [-0.2, -0.15) is 0 Å². The van der Waals surface area contributed by atoms with E-state index in [0.29, 0.717) is 25.7 Å². The molecule has 50 heavy (non-hydrogen) atoms. The lowest BCUT2D eigenvalue weighted by Crippen LogP contribution is -2.66. The van der Waals surface area contributed by atoms with Crippen molar-refractivity contribution < 1.29 is 69.1 Å². The maximum Gasteiger partial charge on any atom is 0.335 e. The summed E-state index contributed by atoms with van der Waals surface area (Å²) < 4.78 is 22.0. The number of carbonyl (C=O) groups excluding carboxylic acids is 1. The van der Waals surface area contributed by atoms with Crippen LogP contribution in [0.25, 0.3) is 0 Å². The van der Waals surface area contributed by atoms with E-state index in [2.05, 4.69) is 17.6 Å². The number of carboxylic acids is 2. The fraction of sp³-hybridized carbons (Fsp3) is 0.912. The highest BCUT2D eigenvalue weighted by atomic mass is 16.7. The van der Waals surface area contributed by atoms with Gasteiger partial charge in [0.2, 0.25) is 0 Å². The van der Waals surface area contributed by atoms with Gasteiger partial charge in [0.15, 0.2) is 24.8 Å². The summed E-state index contributed by atoms with van der Waals surface area (Å²) in [5.41, 5.74) is -0.417. The van der Waals surface area contributed by atoms with E-state index in [1.807, 2.05) is 20.8 Å². The number of ether oxygens (including phenoxy) is 4. The fourth-order valence-corrected chi connectivity index (χ4v) is 6.01. The minimum absolute atomic E-state index is 0.0699. The minimum Gasteiger partial charge on any atom is -0.480 e. The minimum atomic E-state index is -1.97. The molecule has 0 aliphatic carbocycles. The lowest BCUT2D eigenvalue weighted by molar-refractivity contribution is -0.349. The third-order valence-corrected chi connectivity index (χ3v) is 8.81. The van der Waals surface area contributed by atoms with Crippen LogP contribution >= 0.6 is 0 Å². The Morgan fingerprint density at radius 3 is 1.82 bits per heavy atom. The first kappa shape index (κ1) is 44.2. The molecule has 16 nitrogen and oxygen atoms in total. The van der Waals surface area contributed by atoms with Crippen LogP contribution < -0.4 is 10.6 Å². The van der Waals surface area contributed by atoms with Crippen LogP contribution in [0, 0.1) is 0 Å². The first-order valence-corrected chi connectivity index (χ1v) is 18.1. The van der Waals surface area contributed by atoms with Crippen molar-refractivity contribution in [3.05, 3.63) is 0 Å². The molecule has 2 rings (SSSR count). The predicted octanol–water partition coefficient (Wildman–Crippen LogP) is 0.776. The number of carbonyl (C=O) groups is 3. The second-order valence-electron chi connectivity index (χ2n) is 14.4. The molecule has 2 aliphatic heterocycles. The molecule has 2 aliphatic rings. The van der Waals surface area contributed by atoms with Gasteiger partial charge in [-0.25, -0.2) is 4.79 Å². The number of rotatable bonds is 23. The molecule has 0 saturated carbocycles. The summed E-state index contributed by atoms with van der Waals surface area (Å²) in [4.78, 5) is 36.5. The van der Waals surface area contributed by atoms with Crippen LogP contribution in [0.5, 0.6) is 0 Å². The third-order valence-electron chi connectivity index (χ3n) is 8.81. The van der Waals surface area contributed by atoms with Crippen LogP contribution in [0.2, 0.25) is 0 Å². The Hall–Kier alpha value is -1.99. The molecule has 0 aromatic rings. The number of amides is 1. The topological polar surface area (TPSA) is 254 Å². The molecule has 0 aromatic heterocycles. The van der Waals surface area contributed by atoms with Gasteiger partial charge < -0.3 is 60.0 Å². The van der Waals surface area contributed by atoms with Crippen molar-refractivity contribution in [2.75, 3.05) is 13.2 Å². The highest BCUT2D eigenvalue weighted by Gasteiger charge is 2.53. The van der Waals surface area contributed by atoms with Crippen LogP contribution in [0.1, 0.15) is 111 Å². The van der Waals surface area contributed by atoms with Crippen LogP contribution in [0.15, 0.2) is 0 Å². The number of aliphatic carboxylic acids is 2. The van der Waals surface area contributed by atoms with Crippen molar-refractivity contribution in [2.45, 2.75) is 184 Å². The molecule has 2 fully saturated rings. The first-order chi connectivity index (χ1) is 23.6. The molecule has 0 bridgehead atoms. The Labute approximate surface area is 294 Å². The molecule has 11 atom stereocenters. The van der Waals surface area contributed by atoms with Gasteiger partial charge in [0.1, 0.15) is 42.7 Å². The number of hydrogen-bond acceptors (Lipinski definition) is 13. The van der Waals surface area contributed by atoms with Gasteiger partial charge in [0.25, 0.3) is 5.91 Å². The van der Waals surface area contributed by atoms with Gasteiger partial charge in [-0.1, -0.05) is 64.7 Å². The first-order valence-electron chi connectivity index (χ1n) is 18.1. The van der Waals surface area contributed by atoms with Crippen LogP contribution in [0.4, 0.5) is 0 Å². The maximum absolute atomic E-state index is 12.9. The highest BCUT2D eigenvalue weighted by Crippen LogP contribution is 2.30. The van der Waals surface area contributed by atoms with Crippen LogP contribution in [-0.2, 0) is 33.3 Å². The highest BCUT2D eigenvalue weighted by molar-refractivity contribution is 5.81. The van der Waals surface area contributed by atoms with Crippen molar-refractivity contribution in [3.8, 4) is 0 Å². The van der Waals surface area contributed by atoms with Crippen LogP contribution in [-0.4, -0.2) is 140 Å². The zero-order valence-electron chi connectivity index (χ0n) is 29.9. The van der Waals surface area contributed by atoms with E-state index in [-0.39, 0.29) is 13.2 Å². The summed E-state index contributed by atoms with van der Waals surface area (Å²) in [5.74, 6) is -3.45. The SMILES string of the molecule is CCCCCCCCCCCCO[C@@H]1O[C@H](C(=O)O)[C@@H](O[C@@H]2O[C@H](C(=O)NCCCC[C@H](NC(C)(C)C)C(=O)O)[C@@H](O)[C@H](O)[C@H]2O)[C@H](O)[C@H]1O. The molecule has 1 amide bonds. The molecule has 2 saturated heterocycles. The van der Waals surface area contributed by atoms with Gasteiger partial charge in [-0.15, -0.1) is 0 Å². The van der Waals surface area contributed by atoms with Gasteiger partial charge in [0.05, 0.1) is 0 Å². The van der Waals surface area contributed by atoms with E-state index in [4.69, 9.17) is 18.9 Å². The Kier molecular flexibility index (Phi) is 19.6. The smallest absolute Gasteiger partial charge is 0.335 e. The summed E-state index contributed by atoms with van der Waals surface area (Å²) in [6.07, 6.45) is -6.27. The molecule has 0 unspecified atom stereocenters. The van der Waals surface area contributed by atoms with Crippen molar-refractivity contribution in [2.24, 2.45) is 0 Å². The maximum atomic E-state index is 12.9. The molecule has 2 heterocycles. The number of aliphatic hydroxyl groups is 5. The normalized spacial score (nSPS) is 30.9. The average Bonchev–Trinajstić information content (AvgIpc) is 3.04. The Balaban J connectivity index is 1.88. The van der Waals surface area contributed by atoms with Crippen LogP contribution in [0.3, 0.4) is 0 Å². The Bertz CT molecular complexity index is 1010. The van der Waals surface area contributed by atoms with Crippen molar-refractivity contribution in [3.63, 3.8) is 0 Å². The molecule has 0 spiro atoms. The number of carboxylic acid groups (broad SMARTS) is 2.